The third kappa shape index (κ3) is 6.46. The van der Waals surface area contributed by atoms with Crippen molar-refractivity contribution in [3.63, 3.8) is 0 Å². The van der Waals surface area contributed by atoms with Crippen molar-refractivity contribution in [3.8, 4) is 5.75 Å². The standard InChI is InChI=1S/C20H23F3N2O4S/c1-13(2)29-16-10-8-15(9-11-16)12-24-19(26)14(3)25-30(27,28)18-7-5-4-6-17(18)20(21,22)23/h4-11,13-14,25H,12H2,1-3H3,(H,24,26). The third-order valence-corrected chi connectivity index (χ3v) is 5.57. The number of hydrogen-bond donors (Lipinski definition) is 2. The van der Waals surface area contributed by atoms with Crippen molar-refractivity contribution in [2.45, 2.75) is 50.5 Å². The summed E-state index contributed by atoms with van der Waals surface area (Å²) < 4.78 is 71.6. The third-order valence-electron chi connectivity index (χ3n) is 3.97. The van der Waals surface area contributed by atoms with E-state index in [1.807, 2.05) is 18.6 Å². The van der Waals surface area contributed by atoms with Crippen LogP contribution in [0.1, 0.15) is 31.9 Å². The maximum atomic E-state index is 13.1. The summed E-state index contributed by atoms with van der Waals surface area (Å²) in [5, 5.41) is 2.55. The van der Waals surface area contributed by atoms with Crippen LogP contribution in [0.15, 0.2) is 53.4 Å². The molecule has 0 radical (unpaired) electrons. The second-order valence-corrected chi connectivity index (χ2v) is 8.55. The molecular formula is C20H23F3N2O4S. The Kier molecular flexibility index (Phi) is 7.49. The van der Waals surface area contributed by atoms with Gasteiger partial charge in [-0.25, -0.2) is 8.42 Å². The van der Waals surface area contributed by atoms with Crippen molar-refractivity contribution in [1.29, 1.82) is 0 Å². The number of alkyl halides is 3. The summed E-state index contributed by atoms with van der Waals surface area (Å²) in [4.78, 5) is 11.3. The molecule has 0 saturated heterocycles. The largest absolute Gasteiger partial charge is 0.491 e. The molecule has 0 aliphatic carbocycles. The highest BCUT2D eigenvalue weighted by Gasteiger charge is 2.37. The normalized spacial score (nSPS) is 13.2. The molecule has 0 heterocycles. The molecule has 1 atom stereocenters. The predicted octanol–water partition coefficient (Wildman–Crippen LogP) is 3.48. The summed E-state index contributed by atoms with van der Waals surface area (Å²) >= 11 is 0. The molecule has 30 heavy (non-hydrogen) atoms. The van der Waals surface area contributed by atoms with Crippen LogP contribution in [0.4, 0.5) is 13.2 Å². The van der Waals surface area contributed by atoms with Crippen molar-refractivity contribution < 1.29 is 31.1 Å². The van der Waals surface area contributed by atoms with Gasteiger partial charge in [-0.15, -0.1) is 0 Å². The van der Waals surface area contributed by atoms with E-state index in [9.17, 15) is 26.4 Å². The Labute approximate surface area is 173 Å². The zero-order chi connectivity index (χ0) is 22.5. The van der Waals surface area contributed by atoms with Crippen molar-refractivity contribution in [2.75, 3.05) is 0 Å². The summed E-state index contributed by atoms with van der Waals surface area (Å²) in [6.07, 6.45) is -4.82. The second-order valence-electron chi connectivity index (χ2n) is 6.87. The highest BCUT2D eigenvalue weighted by atomic mass is 32.2. The van der Waals surface area contributed by atoms with E-state index < -0.39 is 38.6 Å². The van der Waals surface area contributed by atoms with Crippen molar-refractivity contribution in [3.05, 3.63) is 59.7 Å². The molecule has 164 valence electrons. The summed E-state index contributed by atoms with van der Waals surface area (Å²) in [5.41, 5.74) is -0.550. The molecule has 1 unspecified atom stereocenters. The fourth-order valence-electron chi connectivity index (χ4n) is 2.59. The topological polar surface area (TPSA) is 84.5 Å². The van der Waals surface area contributed by atoms with Crippen LogP contribution < -0.4 is 14.8 Å². The van der Waals surface area contributed by atoms with Gasteiger partial charge in [0.15, 0.2) is 0 Å². The minimum absolute atomic E-state index is 0.0203. The summed E-state index contributed by atoms with van der Waals surface area (Å²) in [6, 6.07) is 9.47. The molecule has 1 amide bonds. The Balaban J connectivity index is 2.02. The Hall–Kier alpha value is -2.59. The van der Waals surface area contributed by atoms with Gasteiger partial charge in [0, 0.05) is 6.54 Å². The molecule has 10 heteroatoms. The lowest BCUT2D eigenvalue weighted by Gasteiger charge is -2.17. The molecule has 2 N–H and O–H groups in total. The van der Waals surface area contributed by atoms with Gasteiger partial charge in [-0.3, -0.25) is 4.79 Å². The number of sulfonamides is 1. The van der Waals surface area contributed by atoms with E-state index in [0.29, 0.717) is 11.8 Å². The SMILES string of the molecule is CC(C)Oc1ccc(CNC(=O)C(C)NS(=O)(=O)c2ccccc2C(F)(F)F)cc1. The number of carbonyl (C=O) groups excluding carboxylic acids is 1. The van der Waals surface area contributed by atoms with Gasteiger partial charge < -0.3 is 10.1 Å². The minimum Gasteiger partial charge on any atom is -0.491 e. The van der Waals surface area contributed by atoms with Crippen LogP contribution in [0.5, 0.6) is 5.75 Å². The number of carbonyl (C=O) groups is 1. The first-order valence-electron chi connectivity index (χ1n) is 9.12. The lowest BCUT2D eigenvalue weighted by atomic mass is 10.2. The number of benzene rings is 2. The van der Waals surface area contributed by atoms with E-state index in [-0.39, 0.29) is 12.6 Å². The van der Waals surface area contributed by atoms with Gasteiger partial charge in [0.05, 0.1) is 22.6 Å². The summed E-state index contributed by atoms with van der Waals surface area (Å²) in [5.74, 6) is -0.00453. The van der Waals surface area contributed by atoms with Crippen LogP contribution in [0.3, 0.4) is 0 Å². The van der Waals surface area contributed by atoms with Crippen LogP contribution in [0.2, 0.25) is 0 Å². The number of nitrogens with one attached hydrogen (secondary N) is 2. The Bertz CT molecular complexity index is 974. The molecule has 0 fully saturated rings. The van der Waals surface area contributed by atoms with Gasteiger partial charge in [-0.2, -0.15) is 17.9 Å². The molecule has 0 aromatic heterocycles. The first-order chi connectivity index (χ1) is 13.9. The Morgan fingerprint density at radius 1 is 1.03 bits per heavy atom. The molecule has 0 aliphatic rings. The van der Waals surface area contributed by atoms with E-state index in [1.165, 1.54) is 13.0 Å². The van der Waals surface area contributed by atoms with Crippen LogP contribution in [0, 0.1) is 0 Å². The van der Waals surface area contributed by atoms with Crippen LogP contribution in [-0.2, 0) is 27.5 Å². The molecule has 6 nitrogen and oxygen atoms in total. The van der Waals surface area contributed by atoms with Gasteiger partial charge in [-0.1, -0.05) is 24.3 Å². The molecule has 0 bridgehead atoms. The quantitative estimate of drug-likeness (QED) is 0.653. The van der Waals surface area contributed by atoms with Crippen LogP contribution in [0.25, 0.3) is 0 Å². The maximum Gasteiger partial charge on any atom is 0.417 e. The van der Waals surface area contributed by atoms with E-state index in [0.717, 1.165) is 17.7 Å². The van der Waals surface area contributed by atoms with E-state index in [1.54, 1.807) is 24.3 Å². The predicted molar refractivity (Wildman–Crippen MR) is 105 cm³/mol. The first-order valence-corrected chi connectivity index (χ1v) is 10.6. The Morgan fingerprint density at radius 3 is 2.20 bits per heavy atom. The lowest BCUT2D eigenvalue weighted by molar-refractivity contribution is -0.139. The van der Waals surface area contributed by atoms with Crippen molar-refractivity contribution in [1.82, 2.24) is 10.0 Å². The highest BCUT2D eigenvalue weighted by Crippen LogP contribution is 2.33. The minimum atomic E-state index is -4.84. The lowest BCUT2D eigenvalue weighted by Crippen LogP contribution is -2.44. The van der Waals surface area contributed by atoms with Crippen LogP contribution >= 0.6 is 0 Å². The number of hydrogen-bond acceptors (Lipinski definition) is 4. The zero-order valence-corrected chi connectivity index (χ0v) is 17.5. The molecular weight excluding hydrogens is 421 g/mol. The maximum absolute atomic E-state index is 13.1. The number of ether oxygens (including phenoxy) is 1. The molecule has 0 spiro atoms. The summed E-state index contributed by atoms with van der Waals surface area (Å²) in [7, 11) is -4.57. The second kappa shape index (κ2) is 9.48. The molecule has 2 rings (SSSR count). The van der Waals surface area contributed by atoms with E-state index >= 15 is 0 Å². The van der Waals surface area contributed by atoms with Crippen molar-refractivity contribution >= 4 is 15.9 Å². The van der Waals surface area contributed by atoms with Crippen LogP contribution in [-0.4, -0.2) is 26.5 Å². The number of rotatable bonds is 8. The van der Waals surface area contributed by atoms with Gasteiger partial charge in [0.2, 0.25) is 15.9 Å². The van der Waals surface area contributed by atoms with Gasteiger partial charge in [0.1, 0.15) is 5.75 Å². The Morgan fingerprint density at radius 2 is 1.63 bits per heavy atom. The molecule has 2 aromatic rings. The highest BCUT2D eigenvalue weighted by molar-refractivity contribution is 7.89. The molecule has 2 aromatic carbocycles. The smallest absolute Gasteiger partial charge is 0.417 e. The molecule has 0 saturated carbocycles. The van der Waals surface area contributed by atoms with Crippen molar-refractivity contribution in [2.24, 2.45) is 0 Å². The number of amides is 1. The van der Waals surface area contributed by atoms with E-state index in [2.05, 4.69) is 5.32 Å². The average molecular weight is 444 g/mol. The zero-order valence-electron chi connectivity index (χ0n) is 16.7. The van der Waals surface area contributed by atoms with Gasteiger partial charge in [-0.05, 0) is 50.6 Å². The van der Waals surface area contributed by atoms with Gasteiger partial charge >= 0.3 is 6.18 Å². The van der Waals surface area contributed by atoms with E-state index in [4.69, 9.17) is 4.74 Å². The average Bonchev–Trinajstić information content (AvgIpc) is 2.65. The summed E-state index contributed by atoms with van der Waals surface area (Å²) in [6.45, 7) is 5.15. The van der Waals surface area contributed by atoms with Gasteiger partial charge in [0.25, 0.3) is 0 Å². The fraction of sp³-hybridized carbons (Fsp3) is 0.350. The number of halogens is 3. The first kappa shape index (κ1) is 23.7. The molecule has 0 aliphatic heterocycles. The fourth-order valence-corrected chi connectivity index (χ4v) is 4.02. The monoisotopic (exact) mass is 444 g/mol.